The van der Waals surface area contributed by atoms with E-state index in [0.717, 1.165) is 39.0 Å². The van der Waals surface area contributed by atoms with E-state index in [4.69, 9.17) is 0 Å². The van der Waals surface area contributed by atoms with Gasteiger partial charge in [-0.05, 0) is 19.9 Å². The largest absolute Gasteiger partial charge is 0.392 e. The number of piperidine rings is 2. The highest BCUT2D eigenvalue weighted by molar-refractivity contribution is 5.08. The molecule has 88 valence electrons. The topological polar surface area (TPSA) is 35.5 Å². The number of fused-ring (bicyclic) bond motifs is 2. The van der Waals surface area contributed by atoms with Crippen LogP contribution in [0.2, 0.25) is 0 Å². The third-order valence-electron chi connectivity index (χ3n) is 4.69. The average Bonchev–Trinajstić information content (AvgIpc) is 2.21. The Balaban J connectivity index is 2.33. The monoisotopic (exact) mass is 212 g/mol. The highest BCUT2D eigenvalue weighted by Gasteiger charge is 2.55. The van der Waals surface area contributed by atoms with E-state index in [0.29, 0.717) is 0 Å². The molecule has 0 aliphatic carbocycles. The van der Waals surface area contributed by atoms with Crippen molar-refractivity contribution < 1.29 is 5.11 Å². The third kappa shape index (κ3) is 1.52. The lowest BCUT2D eigenvalue weighted by Crippen LogP contribution is -2.70. The number of nitrogens with zero attached hydrogens (tertiary/aromatic N) is 1. The van der Waals surface area contributed by atoms with Gasteiger partial charge in [0.25, 0.3) is 0 Å². The zero-order valence-electron chi connectivity index (χ0n) is 10.2. The molecule has 0 unspecified atom stereocenters. The van der Waals surface area contributed by atoms with Crippen LogP contribution in [0.5, 0.6) is 0 Å². The van der Waals surface area contributed by atoms with E-state index in [1.54, 1.807) is 0 Å². The van der Waals surface area contributed by atoms with Crippen molar-refractivity contribution >= 4 is 0 Å². The lowest BCUT2D eigenvalue weighted by Gasteiger charge is -2.59. The maximum absolute atomic E-state index is 10.6. The fourth-order valence-electron chi connectivity index (χ4n) is 3.68. The van der Waals surface area contributed by atoms with Crippen molar-refractivity contribution in [2.75, 3.05) is 33.2 Å². The Hall–Kier alpha value is -0.120. The van der Waals surface area contributed by atoms with Crippen LogP contribution in [0.3, 0.4) is 0 Å². The van der Waals surface area contributed by atoms with Gasteiger partial charge in [0.15, 0.2) is 0 Å². The van der Waals surface area contributed by atoms with Gasteiger partial charge in [-0.1, -0.05) is 13.8 Å². The summed E-state index contributed by atoms with van der Waals surface area (Å²) in [5.41, 5.74) is 0.169. The molecule has 2 atom stereocenters. The first kappa shape index (κ1) is 11.4. The molecule has 3 nitrogen and oxygen atoms in total. The van der Waals surface area contributed by atoms with Gasteiger partial charge in [0.1, 0.15) is 0 Å². The molecule has 2 saturated heterocycles. The van der Waals surface area contributed by atoms with E-state index in [-0.39, 0.29) is 16.9 Å². The highest BCUT2D eigenvalue weighted by atomic mass is 16.3. The van der Waals surface area contributed by atoms with E-state index in [2.05, 4.69) is 31.1 Å². The predicted molar refractivity (Wildman–Crippen MR) is 61.8 cm³/mol. The summed E-state index contributed by atoms with van der Waals surface area (Å²) in [7, 11) is 2.19. The van der Waals surface area contributed by atoms with Gasteiger partial charge in [-0.3, -0.25) is 0 Å². The van der Waals surface area contributed by atoms with Gasteiger partial charge < -0.3 is 15.3 Å². The molecule has 0 spiro atoms. The number of rotatable bonds is 2. The summed E-state index contributed by atoms with van der Waals surface area (Å²) in [6.07, 6.45) is 2.00. The van der Waals surface area contributed by atoms with Crippen molar-refractivity contribution in [2.45, 2.75) is 32.8 Å². The summed E-state index contributed by atoms with van der Waals surface area (Å²) < 4.78 is 0. The standard InChI is InChI=1S/C12H24N2O/c1-4-11-6-13-7-12(5-2,10(11)15)9-14(3)8-11/h10,13,15H,4-9H2,1-3H3/t11-,12-/m0/s1. The Bertz CT molecular complexity index is 224. The summed E-state index contributed by atoms with van der Waals surface area (Å²) in [6.45, 7) is 8.40. The summed E-state index contributed by atoms with van der Waals surface area (Å²) >= 11 is 0. The Morgan fingerprint density at radius 3 is 2.07 bits per heavy atom. The number of hydrogen-bond donors (Lipinski definition) is 2. The number of nitrogens with one attached hydrogen (secondary N) is 1. The molecule has 2 fully saturated rings. The first-order valence-corrected chi connectivity index (χ1v) is 6.16. The fraction of sp³-hybridized carbons (Fsp3) is 1.00. The molecule has 2 bridgehead atoms. The van der Waals surface area contributed by atoms with Crippen molar-refractivity contribution in [3.05, 3.63) is 0 Å². The molecule has 0 aromatic carbocycles. The van der Waals surface area contributed by atoms with Crippen molar-refractivity contribution in [2.24, 2.45) is 10.8 Å². The summed E-state index contributed by atoms with van der Waals surface area (Å²) in [5, 5.41) is 14.2. The maximum Gasteiger partial charge on any atom is 0.0701 e. The Morgan fingerprint density at radius 1 is 1.20 bits per heavy atom. The zero-order chi connectivity index (χ0) is 11.1. The van der Waals surface area contributed by atoms with E-state index in [9.17, 15) is 5.11 Å². The molecule has 2 aliphatic rings. The normalized spacial score (nSPS) is 46.8. The van der Waals surface area contributed by atoms with E-state index in [1.165, 1.54) is 0 Å². The molecular formula is C12H24N2O. The summed E-state index contributed by atoms with van der Waals surface area (Å²) in [5.74, 6) is 0. The molecule has 2 aliphatic heterocycles. The minimum Gasteiger partial charge on any atom is -0.392 e. The number of aliphatic hydroxyl groups is 1. The first-order valence-electron chi connectivity index (χ1n) is 6.16. The van der Waals surface area contributed by atoms with Crippen LogP contribution < -0.4 is 5.32 Å². The SMILES string of the molecule is CC[C@]12CNC[C@@](CC)(CN(C)C1)C2O. The molecule has 0 saturated carbocycles. The van der Waals surface area contributed by atoms with Crippen LogP contribution in [0.4, 0.5) is 0 Å². The Labute approximate surface area is 92.8 Å². The summed E-state index contributed by atoms with van der Waals surface area (Å²) in [6, 6.07) is 0. The average molecular weight is 212 g/mol. The van der Waals surface area contributed by atoms with Crippen LogP contribution in [-0.2, 0) is 0 Å². The minimum atomic E-state index is -0.127. The van der Waals surface area contributed by atoms with Crippen LogP contribution >= 0.6 is 0 Å². The predicted octanol–water partition coefficient (Wildman–Crippen LogP) is 0.689. The van der Waals surface area contributed by atoms with E-state index < -0.39 is 0 Å². The van der Waals surface area contributed by atoms with Crippen molar-refractivity contribution in [1.29, 1.82) is 0 Å². The van der Waals surface area contributed by atoms with Gasteiger partial charge >= 0.3 is 0 Å². The second-order valence-corrected chi connectivity index (χ2v) is 5.61. The second-order valence-electron chi connectivity index (χ2n) is 5.61. The lowest BCUT2D eigenvalue weighted by atomic mass is 9.60. The number of aliphatic hydroxyl groups excluding tert-OH is 1. The van der Waals surface area contributed by atoms with Crippen molar-refractivity contribution in [3.8, 4) is 0 Å². The van der Waals surface area contributed by atoms with Gasteiger partial charge in [0, 0.05) is 37.0 Å². The van der Waals surface area contributed by atoms with Crippen LogP contribution in [0, 0.1) is 10.8 Å². The van der Waals surface area contributed by atoms with Crippen LogP contribution in [0.1, 0.15) is 26.7 Å². The smallest absolute Gasteiger partial charge is 0.0701 e. The van der Waals surface area contributed by atoms with Crippen LogP contribution in [0.25, 0.3) is 0 Å². The van der Waals surface area contributed by atoms with Gasteiger partial charge in [-0.2, -0.15) is 0 Å². The first-order chi connectivity index (χ1) is 7.08. The quantitative estimate of drug-likeness (QED) is 0.707. The van der Waals surface area contributed by atoms with Crippen LogP contribution in [-0.4, -0.2) is 49.3 Å². The van der Waals surface area contributed by atoms with Gasteiger partial charge in [0.05, 0.1) is 6.10 Å². The van der Waals surface area contributed by atoms with Gasteiger partial charge in [-0.25, -0.2) is 0 Å². The molecule has 3 heteroatoms. The third-order valence-corrected chi connectivity index (χ3v) is 4.69. The molecular weight excluding hydrogens is 188 g/mol. The Morgan fingerprint density at radius 2 is 1.67 bits per heavy atom. The van der Waals surface area contributed by atoms with E-state index in [1.807, 2.05) is 0 Å². The number of likely N-dealkylation sites (tertiary alicyclic amines) is 1. The molecule has 2 heterocycles. The molecule has 15 heavy (non-hydrogen) atoms. The van der Waals surface area contributed by atoms with Crippen molar-refractivity contribution in [3.63, 3.8) is 0 Å². The summed E-state index contributed by atoms with van der Waals surface area (Å²) in [4.78, 5) is 2.40. The van der Waals surface area contributed by atoms with Crippen LogP contribution in [0.15, 0.2) is 0 Å². The highest BCUT2D eigenvalue weighted by Crippen LogP contribution is 2.46. The molecule has 0 amide bonds. The zero-order valence-corrected chi connectivity index (χ0v) is 10.2. The fourth-order valence-corrected chi connectivity index (χ4v) is 3.68. The molecule has 0 aromatic heterocycles. The molecule has 2 N–H and O–H groups in total. The second kappa shape index (κ2) is 3.72. The van der Waals surface area contributed by atoms with E-state index >= 15 is 0 Å². The van der Waals surface area contributed by atoms with Gasteiger partial charge in [-0.15, -0.1) is 0 Å². The lowest BCUT2D eigenvalue weighted by molar-refractivity contribution is -0.154. The minimum absolute atomic E-state index is 0.0846. The molecule has 0 aromatic rings. The van der Waals surface area contributed by atoms with Crippen molar-refractivity contribution in [1.82, 2.24) is 10.2 Å². The number of hydrogen-bond acceptors (Lipinski definition) is 3. The molecule has 0 radical (unpaired) electrons. The van der Waals surface area contributed by atoms with Gasteiger partial charge in [0.2, 0.25) is 0 Å². The maximum atomic E-state index is 10.6. The Kier molecular flexibility index (Phi) is 2.82. The molecule has 2 rings (SSSR count).